The highest BCUT2D eigenvalue weighted by Gasteiger charge is 2.21. The highest BCUT2D eigenvalue weighted by Crippen LogP contribution is 2.38. The van der Waals surface area contributed by atoms with Crippen LogP contribution in [0, 0.1) is 5.92 Å². The number of nitrogens with zero attached hydrogens (tertiary/aromatic N) is 3. The van der Waals surface area contributed by atoms with E-state index in [9.17, 15) is 4.79 Å². The zero-order valence-corrected chi connectivity index (χ0v) is 16.8. The van der Waals surface area contributed by atoms with Gasteiger partial charge in [0.15, 0.2) is 5.13 Å². The lowest BCUT2D eigenvalue weighted by Gasteiger charge is -2.20. The van der Waals surface area contributed by atoms with E-state index in [2.05, 4.69) is 20.3 Å². The van der Waals surface area contributed by atoms with Crippen LogP contribution in [-0.2, 0) is 4.79 Å². The van der Waals surface area contributed by atoms with Crippen LogP contribution in [0.2, 0.25) is 5.28 Å². The number of aromatic nitrogens is 3. The van der Waals surface area contributed by atoms with Crippen molar-refractivity contribution in [2.75, 3.05) is 11.1 Å². The van der Waals surface area contributed by atoms with Crippen molar-refractivity contribution in [3.8, 4) is 21.8 Å². The summed E-state index contributed by atoms with van der Waals surface area (Å²) < 4.78 is 0. The molecule has 1 aliphatic rings. The Labute approximate surface area is 172 Å². The van der Waals surface area contributed by atoms with Crippen molar-refractivity contribution in [1.29, 1.82) is 0 Å². The first-order chi connectivity index (χ1) is 13.6. The summed E-state index contributed by atoms with van der Waals surface area (Å²) in [5.41, 5.74) is 8.97. The maximum absolute atomic E-state index is 12.6. The van der Waals surface area contributed by atoms with Gasteiger partial charge >= 0.3 is 0 Å². The molecule has 1 amide bonds. The Hall–Kier alpha value is -2.51. The monoisotopic (exact) mass is 413 g/mol. The zero-order valence-electron chi connectivity index (χ0n) is 15.2. The molecule has 28 heavy (non-hydrogen) atoms. The maximum atomic E-state index is 12.6. The van der Waals surface area contributed by atoms with Crippen molar-refractivity contribution in [2.24, 2.45) is 5.92 Å². The molecule has 144 valence electrons. The van der Waals surface area contributed by atoms with E-state index in [0.29, 0.717) is 16.5 Å². The fourth-order valence-corrected chi connectivity index (χ4v) is 4.49. The highest BCUT2D eigenvalue weighted by molar-refractivity contribution is 7.19. The summed E-state index contributed by atoms with van der Waals surface area (Å²) in [5, 5.41) is 3.67. The van der Waals surface area contributed by atoms with Crippen LogP contribution in [0.3, 0.4) is 0 Å². The average molecular weight is 414 g/mol. The molecule has 1 fully saturated rings. The van der Waals surface area contributed by atoms with Crippen molar-refractivity contribution in [1.82, 2.24) is 15.0 Å². The number of carbonyl (C=O) groups excluding carboxylic acids is 1. The molecule has 4 rings (SSSR count). The van der Waals surface area contributed by atoms with Crippen molar-refractivity contribution < 1.29 is 4.79 Å². The first-order valence-electron chi connectivity index (χ1n) is 9.26. The van der Waals surface area contributed by atoms with Crippen molar-refractivity contribution in [3.63, 3.8) is 0 Å². The number of hydrogen-bond acceptors (Lipinski definition) is 6. The van der Waals surface area contributed by atoms with Crippen molar-refractivity contribution in [3.05, 3.63) is 41.8 Å². The Morgan fingerprint density at radius 2 is 2.00 bits per heavy atom. The lowest BCUT2D eigenvalue weighted by atomic mass is 9.88. The largest absolute Gasteiger partial charge is 0.375 e. The van der Waals surface area contributed by atoms with Gasteiger partial charge < -0.3 is 11.1 Å². The third-order valence-corrected chi connectivity index (χ3v) is 5.97. The Balaban J connectivity index is 1.62. The normalized spacial score (nSPS) is 14.8. The van der Waals surface area contributed by atoms with E-state index >= 15 is 0 Å². The van der Waals surface area contributed by atoms with Gasteiger partial charge in [-0.2, -0.15) is 0 Å². The van der Waals surface area contributed by atoms with E-state index in [4.69, 9.17) is 17.3 Å². The molecular weight excluding hydrogens is 394 g/mol. The van der Waals surface area contributed by atoms with Crippen LogP contribution in [0.1, 0.15) is 32.1 Å². The minimum atomic E-state index is 0.0949. The van der Waals surface area contributed by atoms with E-state index in [1.54, 1.807) is 12.3 Å². The Bertz CT molecular complexity index is 1000. The maximum Gasteiger partial charge on any atom is 0.227 e. The number of nitrogens with one attached hydrogen (secondary N) is 1. The molecule has 0 saturated heterocycles. The van der Waals surface area contributed by atoms with Crippen LogP contribution in [0.15, 0.2) is 36.5 Å². The minimum absolute atomic E-state index is 0.0949. The molecular formula is C20H20ClN5OS. The van der Waals surface area contributed by atoms with Gasteiger partial charge in [-0.05, 0) is 42.6 Å². The van der Waals surface area contributed by atoms with Crippen LogP contribution in [0.25, 0.3) is 21.8 Å². The molecule has 2 heterocycles. The van der Waals surface area contributed by atoms with E-state index < -0.39 is 0 Å². The van der Waals surface area contributed by atoms with E-state index in [1.807, 2.05) is 24.3 Å². The molecule has 0 spiro atoms. The number of hydrogen-bond donors (Lipinski definition) is 2. The number of carbonyl (C=O) groups is 1. The SMILES string of the molecule is Nc1nc(-c2cccc(NC(=O)C3CCCCC3)c2)c(-c2ccnc(Cl)n2)s1. The highest BCUT2D eigenvalue weighted by atomic mass is 35.5. The summed E-state index contributed by atoms with van der Waals surface area (Å²) in [6.45, 7) is 0. The summed E-state index contributed by atoms with van der Waals surface area (Å²) in [4.78, 5) is 26.1. The van der Waals surface area contributed by atoms with Gasteiger partial charge in [0.1, 0.15) is 0 Å². The molecule has 3 aromatic rings. The summed E-state index contributed by atoms with van der Waals surface area (Å²) in [5.74, 6) is 0.198. The molecule has 1 aliphatic carbocycles. The molecule has 1 aromatic carbocycles. The molecule has 0 aliphatic heterocycles. The lowest BCUT2D eigenvalue weighted by Crippen LogP contribution is -2.24. The zero-order chi connectivity index (χ0) is 19.5. The van der Waals surface area contributed by atoms with Crippen LogP contribution >= 0.6 is 22.9 Å². The lowest BCUT2D eigenvalue weighted by molar-refractivity contribution is -0.120. The minimum Gasteiger partial charge on any atom is -0.375 e. The van der Waals surface area contributed by atoms with Crippen LogP contribution in [-0.4, -0.2) is 20.9 Å². The fraction of sp³-hybridized carbons (Fsp3) is 0.300. The number of anilines is 2. The van der Waals surface area contributed by atoms with Gasteiger partial charge in [-0.15, -0.1) is 0 Å². The number of thiazole rings is 1. The van der Waals surface area contributed by atoms with Crippen molar-refractivity contribution >= 4 is 39.7 Å². The standard InChI is InChI=1S/C20H20ClN5OS/c21-19-23-10-9-15(25-19)17-16(26-20(22)28-17)13-7-4-8-14(11-13)24-18(27)12-5-2-1-3-6-12/h4,7-12H,1-3,5-6H2,(H2,22,26)(H,24,27). The first kappa shape index (κ1) is 18.8. The Morgan fingerprint density at radius 1 is 1.18 bits per heavy atom. The molecule has 8 heteroatoms. The fourth-order valence-electron chi connectivity index (χ4n) is 3.52. The van der Waals surface area contributed by atoms with Crippen molar-refractivity contribution in [2.45, 2.75) is 32.1 Å². The van der Waals surface area contributed by atoms with E-state index in [-0.39, 0.29) is 17.1 Å². The van der Waals surface area contributed by atoms with Gasteiger partial charge in [-0.25, -0.2) is 15.0 Å². The number of nitrogens with two attached hydrogens (primary N) is 1. The second-order valence-electron chi connectivity index (χ2n) is 6.85. The Morgan fingerprint density at radius 3 is 2.79 bits per heavy atom. The topological polar surface area (TPSA) is 93.8 Å². The molecule has 0 bridgehead atoms. The number of amides is 1. The molecule has 3 N–H and O–H groups in total. The van der Waals surface area contributed by atoms with E-state index in [0.717, 1.165) is 41.8 Å². The number of benzene rings is 1. The summed E-state index contributed by atoms with van der Waals surface area (Å²) in [6.07, 6.45) is 7.01. The molecule has 0 atom stereocenters. The predicted molar refractivity (Wildman–Crippen MR) is 113 cm³/mol. The second-order valence-corrected chi connectivity index (χ2v) is 8.21. The second kappa shape index (κ2) is 8.24. The van der Waals surface area contributed by atoms with Crippen LogP contribution in [0.5, 0.6) is 0 Å². The summed E-state index contributed by atoms with van der Waals surface area (Å²) in [6, 6.07) is 9.43. The number of rotatable bonds is 4. The summed E-state index contributed by atoms with van der Waals surface area (Å²) >= 11 is 7.28. The quantitative estimate of drug-likeness (QED) is 0.585. The molecule has 2 aromatic heterocycles. The van der Waals surface area contributed by atoms with Gasteiger partial charge in [0.25, 0.3) is 0 Å². The van der Waals surface area contributed by atoms with Crippen LogP contribution < -0.4 is 11.1 Å². The third-order valence-electron chi connectivity index (χ3n) is 4.88. The van der Waals surface area contributed by atoms with Gasteiger partial charge in [0.05, 0.1) is 16.3 Å². The van der Waals surface area contributed by atoms with Gasteiger partial charge in [0.2, 0.25) is 11.2 Å². The average Bonchev–Trinajstić information content (AvgIpc) is 3.11. The first-order valence-corrected chi connectivity index (χ1v) is 10.5. The summed E-state index contributed by atoms with van der Waals surface area (Å²) in [7, 11) is 0. The van der Waals surface area contributed by atoms with Gasteiger partial charge in [-0.3, -0.25) is 4.79 Å². The third kappa shape index (κ3) is 4.15. The van der Waals surface area contributed by atoms with Crippen LogP contribution in [0.4, 0.5) is 10.8 Å². The molecule has 0 radical (unpaired) electrons. The molecule has 6 nitrogen and oxygen atoms in total. The Kier molecular flexibility index (Phi) is 5.54. The molecule has 1 saturated carbocycles. The number of halogens is 1. The van der Waals surface area contributed by atoms with Gasteiger partial charge in [0, 0.05) is 23.4 Å². The smallest absolute Gasteiger partial charge is 0.227 e. The van der Waals surface area contributed by atoms with E-state index in [1.165, 1.54) is 17.8 Å². The number of nitrogen functional groups attached to an aromatic ring is 1. The predicted octanol–water partition coefficient (Wildman–Crippen LogP) is 5.02. The molecule has 0 unspecified atom stereocenters. The van der Waals surface area contributed by atoms with Gasteiger partial charge in [-0.1, -0.05) is 42.7 Å².